The Morgan fingerprint density at radius 2 is 1.93 bits per heavy atom. The second-order valence-corrected chi connectivity index (χ2v) is 8.66. The molecule has 1 aliphatic rings. The number of thiophene rings is 1. The van der Waals surface area contributed by atoms with E-state index in [9.17, 15) is 4.79 Å². The van der Waals surface area contributed by atoms with Crippen LogP contribution >= 0.6 is 23.1 Å². The second kappa shape index (κ2) is 7.07. The van der Waals surface area contributed by atoms with Gasteiger partial charge in [0.25, 0.3) is 0 Å². The van der Waals surface area contributed by atoms with Crippen molar-refractivity contribution in [1.29, 1.82) is 0 Å². The van der Waals surface area contributed by atoms with Crippen LogP contribution in [0.15, 0.2) is 53.0 Å². The molecule has 0 spiro atoms. The summed E-state index contributed by atoms with van der Waals surface area (Å²) in [6.07, 6.45) is 2.53. The Labute approximate surface area is 169 Å². The van der Waals surface area contributed by atoms with Gasteiger partial charge in [0.15, 0.2) is 5.16 Å². The molecule has 1 saturated carbocycles. The van der Waals surface area contributed by atoms with Gasteiger partial charge in [0, 0.05) is 11.1 Å². The molecule has 2 N–H and O–H groups in total. The summed E-state index contributed by atoms with van der Waals surface area (Å²) in [5.41, 5.74) is 2.42. The highest BCUT2D eigenvalue weighted by Crippen LogP contribution is 2.44. The number of nitrogens with one attached hydrogen (secondary N) is 1. The highest BCUT2D eigenvalue weighted by atomic mass is 32.2. The number of rotatable bonds is 6. The molecule has 1 fully saturated rings. The smallest absolute Gasteiger partial charge is 0.313 e. The number of aromatic nitrogens is 2. The first-order valence-electron chi connectivity index (χ1n) is 9.07. The molecule has 0 bridgehead atoms. The van der Waals surface area contributed by atoms with E-state index in [1.807, 2.05) is 11.4 Å². The molecule has 2 heterocycles. The summed E-state index contributed by atoms with van der Waals surface area (Å²) in [6.45, 7) is 0. The maximum Gasteiger partial charge on any atom is 0.313 e. The van der Waals surface area contributed by atoms with Gasteiger partial charge >= 0.3 is 5.97 Å². The highest BCUT2D eigenvalue weighted by molar-refractivity contribution is 7.99. The average molecular weight is 408 g/mol. The van der Waals surface area contributed by atoms with Crippen LogP contribution in [0, 0.1) is 0 Å². The zero-order chi connectivity index (χ0) is 19.1. The number of benzene rings is 2. The molecule has 5 nitrogen and oxygen atoms in total. The van der Waals surface area contributed by atoms with Crippen molar-refractivity contribution in [3.63, 3.8) is 0 Å². The maximum atomic E-state index is 10.9. The summed E-state index contributed by atoms with van der Waals surface area (Å²) in [7, 11) is 0. The van der Waals surface area contributed by atoms with Gasteiger partial charge in [-0.25, -0.2) is 9.97 Å². The first-order valence-corrected chi connectivity index (χ1v) is 10.9. The number of hydrogen-bond acceptors (Lipinski definition) is 6. The third kappa shape index (κ3) is 3.31. The van der Waals surface area contributed by atoms with Gasteiger partial charge in [-0.1, -0.05) is 42.1 Å². The molecule has 5 rings (SSSR count). The van der Waals surface area contributed by atoms with E-state index >= 15 is 0 Å². The normalized spacial score (nSPS) is 13.9. The minimum atomic E-state index is -0.879. The molecule has 0 amide bonds. The number of carboxylic acid groups (broad SMARTS) is 1. The highest BCUT2D eigenvalue weighted by Gasteiger charge is 2.25. The molecule has 0 unspecified atom stereocenters. The Bertz CT molecular complexity index is 1200. The third-order valence-corrected chi connectivity index (χ3v) is 6.50. The number of anilines is 2. The summed E-state index contributed by atoms with van der Waals surface area (Å²) in [4.78, 5) is 20.8. The molecule has 140 valence electrons. The lowest BCUT2D eigenvalue weighted by Crippen LogP contribution is -2.02. The summed E-state index contributed by atoms with van der Waals surface area (Å²) in [6, 6.07) is 14.8. The number of carbonyl (C=O) groups is 1. The lowest BCUT2D eigenvalue weighted by Gasteiger charge is -2.13. The molecular weight excluding hydrogens is 390 g/mol. The van der Waals surface area contributed by atoms with Crippen LogP contribution in [-0.4, -0.2) is 26.8 Å². The van der Waals surface area contributed by atoms with Crippen molar-refractivity contribution in [1.82, 2.24) is 9.97 Å². The number of hydrogen-bond donors (Lipinski definition) is 2. The standard InChI is InChI=1S/C21H17N3O2S2/c25-18(26)11-28-21-23-19(16-9-10-27-20(16)24-21)22-17-8-7-13(12-5-6-12)14-3-1-2-4-15(14)17/h1-4,7-10,12H,5-6,11H2,(H,25,26)(H,22,23,24). The van der Waals surface area contributed by atoms with Crippen LogP contribution in [0.25, 0.3) is 21.0 Å². The predicted octanol–water partition coefficient (Wildman–Crippen LogP) is 5.64. The Morgan fingerprint density at radius 3 is 2.71 bits per heavy atom. The van der Waals surface area contributed by atoms with Crippen LogP contribution < -0.4 is 5.32 Å². The summed E-state index contributed by atoms with van der Waals surface area (Å²) < 4.78 is 0. The largest absolute Gasteiger partial charge is 0.481 e. The van der Waals surface area contributed by atoms with Crippen molar-refractivity contribution in [3.05, 3.63) is 53.4 Å². The molecule has 0 atom stereocenters. The molecule has 0 aliphatic heterocycles. The van der Waals surface area contributed by atoms with Gasteiger partial charge in [0.05, 0.1) is 11.1 Å². The van der Waals surface area contributed by atoms with Crippen LogP contribution in [0.3, 0.4) is 0 Å². The topological polar surface area (TPSA) is 75.1 Å². The Morgan fingerprint density at radius 1 is 1.11 bits per heavy atom. The molecule has 0 radical (unpaired) electrons. The quantitative estimate of drug-likeness (QED) is 0.318. The van der Waals surface area contributed by atoms with Gasteiger partial charge < -0.3 is 10.4 Å². The zero-order valence-electron chi connectivity index (χ0n) is 14.9. The Hall–Kier alpha value is -2.64. The Balaban J connectivity index is 1.57. The number of aliphatic carboxylic acids is 1. The van der Waals surface area contributed by atoms with E-state index in [0.29, 0.717) is 16.9 Å². The minimum absolute atomic E-state index is 0.0602. The molecule has 7 heteroatoms. The number of thioether (sulfide) groups is 1. The van der Waals surface area contributed by atoms with Crippen LogP contribution in [0.5, 0.6) is 0 Å². The van der Waals surface area contributed by atoms with E-state index in [2.05, 4.69) is 51.7 Å². The molecular formula is C21H17N3O2S2. The van der Waals surface area contributed by atoms with Gasteiger partial charge in [-0.2, -0.15) is 0 Å². The number of nitrogens with zero attached hydrogens (tertiary/aromatic N) is 2. The van der Waals surface area contributed by atoms with Gasteiger partial charge in [0.2, 0.25) is 0 Å². The molecule has 2 aromatic heterocycles. The van der Waals surface area contributed by atoms with E-state index in [1.54, 1.807) is 0 Å². The van der Waals surface area contributed by atoms with Crippen molar-refractivity contribution < 1.29 is 9.90 Å². The number of carboxylic acids is 1. The van der Waals surface area contributed by atoms with E-state index in [-0.39, 0.29) is 5.75 Å². The Kier molecular flexibility index (Phi) is 4.41. The van der Waals surface area contributed by atoms with Crippen molar-refractivity contribution in [3.8, 4) is 0 Å². The fourth-order valence-electron chi connectivity index (χ4n) is 3.43. The number of fused-ring (bicyclic) bond motifs is 2. The van der Waals surface area contributed by atoms with Crippen molar-refractivity contribution in [2.45, 2.75) is 23.9 Å². The van der Waals surface area contributed by atoms with Crippen LogP contribution in [0.1, 0.15) is 24.3 Å². The van der Waals surface area contributed by atoms with Crippen molar-refractivity contribution in [2.24, 2.45) is 0 Å². The third-order valence-electron chi connectivity index (χ3n) is 4.86. The second-order valence-electron chi connectivity index (χ2n) is 6.82. The SMILES string of the molecule is O=C(O)CSc1nc(Nc2ccc(C3CC3)c3ccccc23)c2ccsc2n1. The van der Waals surface area contributed by atoms with E-state index in [1.165, 1.54) is 40.5 Å². The van der Waals surface area contributed by atoms with E-state index in [4.69, 9.17) is 5.11 Å². The van der Waals surface area contributed by atoms with Crippen LogP contribution in [0.2, 0.25) is 0 Å². The molecule has 2 aromatic carbocycles. The van der Waals surface area contributed by atoms with Crippen LogP contribution in [0.4, 0.5) is 11.5 Å². The van der Waals surface area contributed by atoms with Crippen molar-refractivity contribution in [2.75, 3.05) is 11.1 Å². The average Bonchev–Trinajstić information content (AvgIpc) is 3.43. The first-order chi connectivity index (χ1) is 13.7. The summed E-state index contributed by atoms with van der Waals surface area (Å²) >= 11 is 2.66. The fraction of sp³-hybridized carbons (Fsp3) is 0.190. The van der Waals surface area contributed by atoms with Crippen LogP contribution in [-0.2, 0) is 4.79 Å². The summed E-state index contributed by atoms with van der Waals surface area (Å²) in [5, 5.41) is 18.3. The lowest BCUT2D eigenvalue weighted by molar-refractivity contribution is -0.133. The lowest BCUT2D eigenvalue weighted by atomic mass is 9.99. The van der Waals surface area contributed by atoms with Crippen molar-refractivity contribution >= 4 is 61.6 Å². The van der Waals surface area contributed by atoms with Gasteiger partial charge in [-0.15, -0.1) is 11.3 Å². The first kappa shape index (κ1) is 17.5. The molecule has 0 saturated heterocycles. The predicted molar refractivity (Wildman–Crippen MR) is 115 cm³/mol. The van der Waals surface area contributed by atoms with Gasteiger partial charge in [-0.3, -0.25) is 4.79 Å². The van der Waals surface area contributed by atoms with E-state index in [0.717, 1.165) is 27.7 Å². The molecule has 28 heavy (non-hydrogen) atoms. The minimum Gasteiger partial charge on any atom is -0.481 e. The fourth-order valence-corrected chi connectivity index (χ4v) is 4.82. The van der Waals surface area contributed by atoms with E-state index < -0.39 is 5.97 Å². The molecule has 4 aromatic rings. The zero-order valence-corrected chi connectivity index (χ0v) is 16.5. The maximum absolute atomic E-state index is 10.9. The van der Waals surface area contributed by atoms with Gasteiger partial charge in [0.1, 0.15) is 10.6 Å². The summed E-state index contributed by atoms with van der Waals surface area (Å²) in [5.74, 6) is 0.454. The molecule has 1 aliphatic carbocycles. The van der Waals surface area contributed by atoms with Gasteiger partial charge in [-0.05, 0) is 47.2 Å². The monoisotopic (exact) mass is 407 g/mol.